The molecule has 2 aliphatic rings. The zero-order chi connectivity index (χ0) is 46.0. The minimum absolute atomic E-state index is 0.0137. The van der Waals surface area contributed by atoms with Crippen LogP contribution in [0.25, 0.3) is 28.2 Å². The van der Waals surface area contributed by atoms with Gasteiger partial charge in [0.05, 0.1) is 34.3 Å². The summed E-state index contributed by atoms with van der Waals surface area (Å²) in [4.78, 5) is 73.2. The Bertz CT molecular complexity index is 2810. The lowest BCUT2D eigenvalue weighted by Crippen LogP contribution is -2.54. The number of carbonyl (C=O) groups excluding carboxylic acids is 5. The molecule has 0 radical (unpaired) electrons. The molecule has 0 bridgehead atoms. The van der Waals surface area contributed by atoms with E-state index in [4.69, 9.17) is 21.1 Å². The Morgan fingerprint density at radius 1 is 0.985 bits per heavy atom. The summed E-state index contributed by atoms with van der Waals surface area (Å²) in [5, 5.41) is 21.8. The standard InChI is InChI=1S/C45H40ClF3N8O8/c1-55(20-19-50-33-4-2-3-30-38(33)43(63)56(41(30)61)35-17-18-36(58)53-40(35)60)37(59)24-64-21-22-65-29-13-5-25(6-14-29)7-15-31-39(26-8-10-27(11-9-26)45(47,48)49)54-57(42(31)62)44-51-32-16-12-28(46)23-34(32)52-44/h2-6,8-14,16,23,35,50,62H,7,15,17-22,24H2,1H3,(H,51,52)(H,53,58,60). The first kappa shape index (κ1) is 44.4. The number of hydrogen-bond donors (Lipinski definition) is 4. The summed E-state index contributed by atoms with van der Waals surface area (Å²) in [6, 6.07) is 20.5. The average molecular weight is 913 g/mol. The molecule has 65 heavy (non-hydrogen) atoms. The van der Waals surface area contributed by atoms with Crippen LogP contribution in [-0.2, 0) is 38.1 Å². The van der Waals surface area contributed by atoms with E-state index in [9.17, 15) is 42.3 Å². The van der Waals surface area contributed by atoms with Crippen molar-refractivity contribution in [1.29, 1.82) is 0 Å². The summed E-state index contributed by atoms with van der Waals surface area (Å²) < 4.78 is 52.6. The minimum Gasteiger partial charge on any atom is -0.493 e. The van der Waals surface area contributed by atoms with Crippen molar-refractivity contribution in [3.05, 3.63) is 118 Å². The van der Waals surface area contributed by atoms with Crippen molar-refractivity contribution >= 4 is 57.9 Å². The molecular formula is C45H40ClF3N8O8. The van der Waals surface area contributed by atoms with Crippen LogP contribution in [-0.4, -0.2) is 110 Å². The number of imide groups is 2. The van der Waals surface area contributed by atoms with Gasteiger partial charge in [-0.1, -0.05) is 41.9 Å². The van der Waals surface area contributed by atoms with Crippen LogP contribution < -0.4 is 15.4 Å². The van der Waals surface area contributed by atoms with Crippen LogP contribution in [0.3, 0.4) is 0 Å². The number of likely N-dealkylation sites (N-methyl/N-ethyl adjacent to an activating group) is 1. The number of benzene rings is 4. The van der Waals surface area contributed by atoms with E-state index in [1.54, 1.807) is 49.5 Å². The van der Waals surface area contributed by atoms with Gasteiger partial charge in [0.25, 0.3) is 11.8 Å². The summed E-state index contributed by atoms with van der Waals surface area (Å²) in [6.45, 7) is 0.529. The number of aromatic nitrogens is 4. The smallest absolute Gasteiger partial charge is 0.416 e. The Kier molecular flexibility index (Phi) is 12.6. The fraction of sp³-hybridized carbons (Fsp3) is 0.267. The topological polar surface area (TPSA) is 201 Å². The maximum atomic E-state index is 13.4. The minimum atomic E-state index is -4.52. The lowest BCUT2D eigenvalue weighted by molar-refractivity contribution is -0.138. The molecule has 2 aromatic heterocycles. The number of rotatable bonds is 16. The second-order valence-electron chi connectivity index (χ2n) is 15.3. The molecule has 0 spiro atoms. The lowest BCUT2D eigenvalue weighted by Gasteiger charge is -2.27. The van der Waals surface area contributed by atoms with Crippen LogP contribution in [0, 0.1) is 0 Å². The van der Waals surface area contributed by atoms with Crippen molar-refractivity contribution in [2.75, 3.05) is 45.3 Å². The second kappa shape index (κ2) is 18.5. The molecule has 1 atom stereocenters. The monoisotopic (exact) mass is 912 g/mol. The van der Waals surface area contributed by atoms with Crippen LogP contribution in [0.1, 0.15) is 50.2 Å². The number of anilines is 1. The molecule has 16 nitrogen and oxygen atoms in total. The van der Waals surface area contributed by atoms with Crippen molar-refractivity contribution in [2.45, 2.75) is 37.9 Å². The number of hydrogen-bond acceptors (Lipinski definition) is 11. The summed E-state index contributed by atoms with van der Waals surface area (Å²) in [5.74, 6) is -2.18. The van der Waals surface area contributed by atoms with E-state index in [0.29, 0.717) is 50.7 Å². The number of fused-ring (bicyclic) bond motifs is 2. The Hall–Kier alpha value is -7.25. The van der Waals surface area contributed by atoms with E-state index in [1.165, 1.54) is 27.8 Å². The van der Waals surface area contributed by atoms with Crippen LogP contribution in [0.2, 0.25) is 5.02 Å². The predicted octanol–water partition coefficient (Wildman–Crippen LogP) is 5.95. The van der Waals surface area contributed by atoms with Gasteiger partial charge in [0.1, 0.15) is 30.7 Å². The Morgan fingerprint density at radius 3 is 2.49 bits per heavy atom. The number of imidazole rings is 1. The van der Waals surface area contributed by atoms with Gasteiger partial charge >= 0.3 is 6.18 Å². The van der Waals surface area contributed by atoms with Gasteiger partial charge in [0.2, 0.25) is 29.5 Å². The van der Waals surface area contributed by atoms with Crippen molar-refractivity contribution in [3.63, 3.8) is 0 Å². The maximum absolute atomic E-state index is 13.4. The van der Waals surface area contributed by atoms with Gasteiger partial charge in [-0.2, -0.15) is 23.0 Å². The highest BCUT2D eigenvalue weighted by molar-refractivity contribution is 6.31. The molecule has 1 unspecified atom stereocenters. The van der Waals surface area contributed by atoms with Crippen LogP contribution in [0.4, 0.5) is 18.9 Å². The van der Waals surface area contributed by atoms with Gasteiger partial charge in [0, 0.05) is 48.4 Å². The van der Waals surface area contributed by atoms with Gasteiger partial charge in [-0.05, 0) is 79.4 Å². The number of ether oxygens (including phenoxy) is 2. The summed E-state index contributed by atoms with van der Waals surface area (Å²) in [7, 11) is 1.60. The number of aryl methyl sites for hydroxylation is 1. The van der Waals surface area contributed by atoms with Gasteiger partial charge in [-0.3, -0.25) is 34.2 Å². The number of nitrogens with zero attached hydrogens (tertiary/aromatic N) is 5. The Labute approximate surface area is 373 Å². The molecule has 1 fully saturated rings. The third-order valence-corrected chi connectivity index (χ3v) is 11.3. The zero-order valence-corrected chi connectivity index (χ0v) is 35.3. The van der Waals surface area contributed by atoms with Crippen molar-refractivity contribution < 1.29 is 51.7 Å². The van der Waals surface area contributed by atoms with Crippen molar-refractivity contribution in [3.8, 4) is 28.8 Å². The molecule has 6 aromatic rings. The third-order valence-electron chi connectivity index (χ3n) is 11.0. The number of amides is 5. The average Bonchev–Trinajstić information content (AvgIpc) is 3.93. The SMILES string of the molecule is CN(CCNc1cccc2c1C(=O)N(C1CCC(=O)NC1=O)C2=O)C(=O)COCCOc1ccc(CCc2c(-c3ccc(C(F)(F)F)cc3)nn(-c3nc4cc(Cl)ccc4[nH]3)c2O)cc1. The molecule has 4 aromatic carbocycles. The third kappa shape index (κ3) is 9.51. The molecule has 8 rings (SSSR count). The molecule has 20 heteroatoms. The number of nitrogens with one attached hydrogen (secondary N) is 3. The molecule has 4 heterocycles. The first-order valence-electron chi connectivity index (χ1n) is 20.4. The number of aromatic hydroxyl groups is 1. The molecule has 336 valence electrons. The number of carbonyl (C=O) groups is 5. The highest BCUT2D eigenvalue weighted by Gasteiger charge is 2.45. The first-order chi connectivity index (χ1) is 31.2. The zero-order valence-electron chi connectivity index (χ0n) is 34.6. The van der Waals surface area contributed by atoms with Crippen molar-refractivity contribution in [2.24, 2.45) is 0 Å². The van der Waals surface area contributed by atoms with Gasteiger partial charge in [-0.25, -0.2) is 4.98 Å². The molecular weight excluding hydrogens is 873 g/mol. The first-order valence-corrected chi connectivity index (χ1v) is 20.8. The maximum Gasteiger partial charge on any atom is 0.416 e. The van der Waals surface area contributed by atoms with Crippen LogP contribution in [0.5, 0.6) is 11.6 Å². The lowest BCUT2D eigenvalue weighted by atomic mass is 10.00. The molecule has 2 aliphatic heterocycles. The van der Waals surface area contributed by atoms with Gasteiger partial charge in [-0.15, -0.1) is 0 Å². The normalized spacial score (nSPS) is 15.1. The summed E-state index contributed by atoms with van der Waals surface area (Å²) >= 11 is 6.13. The number of aromatic amines is 1. The number of halogens is 4. The highest BCUT2D eigenvalue weighted by atomic mass is 35.5. The number of piperidine rings is 1. The van der Waals surface area contributed by atoms with Crippen molar-refractivity contribution in [1.82, 2.24) is 34.9 Å². The van der Waals surface area contributed by atoms with E-state index in [2.05, 4.69) is 25.7 Å². The van der Waals surface area contributed by atoms with E-state index in [1.807, 2.05) is 12.1 Å². The van der Waals surface area contributed by atoms with E-state index < -0.39 is 41.4 Å². The summed E-state index contributed by atoms with van der Waals surface area (Å²) in [5.41, 5.74) is 2.98. The van der Waals surface area contributed by atoms with E-state index >= 15 is 0 Å². The second-order valence-corrected chi connectivity index (χ2v) is 15.8. The number of alkyl halides is 3. The fourth-order valence-corrected chi connectivity index (χ4v) is 7.76. The Morgan fingerprint density at radius 2 is 1.75 bits per heavy atom. The van der Waals surface area contributed by atoms with E-state index in [-0.39, 0.29) is 81.0 Å². The van der Waals surface area contributed by atoms with Crippen LogP contribution in [0.15, 0.2) is 84.9 Å². The Balaban J connectivity index is 0.806. The molecule has 0 aliphatic carbocycles. The van der Waals surface area contributed by atoms with Crippen LogP contribution >= 0.6 is 11.6 Å². The molecule has 4 N–H and O–H groups in total. The van der Waals surface area contributed by atoms with E-state index in [0.717, 1.165) is 22.6 Å². The largest absolute Gasteiger partial charge is 0.493 e. The number of H-pyrrole nitrogens is 1. The highest BCUT2D eigenvalue weighted by Crippen LogP contribution is 2.36. The molecule has 5 amide bonds. The molecule has 0 saturated carbocycles. The molecule has 1 saturated heterocycles. The quantitative estimate of drug-likeness (QED) is 0.0661. The summed E-state index contributed by atoms with van der Waals surface area (Å²) in [6.07, 6.45) is -3.75. The van der Waals surface area contributed by atoms with Gasteiger partial charge in [0.15, 0.2) is 0 Å². The van der Waals surface area contributed by atoms with Gasteiger partial charge < -0.3 is 29.8 Å². The fourth-order valence-electron chi connectivity index (χ4n) is 7.59. The predicted molar refractivity (Wildman–Crippen MR) is 230 cm³/mol.